The Hall–Kier alpha value is -3.41. The van der Waals surface area contributed by atoms with E-state index in [1.165, 1.54) is 0 Å². The van der Waals surface area contributed by atoms with Crippen molar-refractivity contribution in [3.05, 3.63) is 0 Å². The van der Waals surface area contributed by atoms with Gasteiger partial charge in [-0.2, -0.15) is 0 Å². The van der Waals surface area contributed by atoms with Crippen molar-refractivity contribution in [2.24, 2.45) is 23.0 Å². The monoisotopic (exact) mass is 355 g/mol. The second-order valence-electron chi connectivity index (χ2n) is 3.31. The predicted molar refractivity (Wildman–Crippen MR) is 71.4 cm³/mol. The highest BCUT2D eigenvalue weighted by molar-refractivity contribution is 5.81. The number of nitrogens with one attached hydrogen (secondary N) is 5. The maximum Gasteiger partial charge on any atom is 0.355 e. The van der Waals surface area contributed by atoms with Crippen LogP contribution in [0.4, 0.5) is 14.4 Å². The molecule has 0 aromatic carbocycles. The molecule has 0 saturated carbocycles. The van der Waals surface area contributed by atoms with Crippen molar-refractivity contribution < 1.29 is 38.8 Å². The lowest BCUT2D eigenvalue weighted by atomic mass is 10.3. The first kappa shape index (κ1) is 22.9. The molecule has 0 aromatic rings. The summed E-state index contributed by atoms with van der Waals surface area (Å²) >= 11 is 0. The molecule has 0 saturated heterocycles. The van der Waals surface area contributed by atoms with Crippen LogP contribution in [0.1, 0.15) is 6.42 Å². The number of amides is 6. The lowest BCUT2D eigenvalue weighted by Gasteiger charge is -2.10. The fraction of sp³-hybridized carbons (Fsp3) is 0.286. The Kier molecular flexibility index (Phi) is 12.6. The van der Waals surface area contributed by atoms with Crippen LogP contribution in [0, 0.1) is 0 Å². The molecule has 17 heteroatoms. The van der Waals surface area contributed by atoms with Crippen LogP contribution in [-0.4, -0.2) is 41.2 Å². The fourth-order valence-corrected chi connectivity index (χ4v) is 0.610. The maximum atomic E-state index is 11.0. The van der Waals surface area contributed by atoms with Crippen molar-refractivity contribution in [3.63, 3.8) is 0 Å². The topological polar surface area (TPSA) is 288 Å². The van der Waals surface area contributed by atoms with E-state index in [4.69, 9.17) is 5.11 Å². The van der Waals surface area contributed by atoms with E-state index in [1.807, 2.05) is 0 Å². The molecule has 0 rings (SSSR count). The zero-order valence-electron chi connectivity index (χ0n) is 11.9. The highest BCUT2D eigenvalue weighted by Crippen LogP contribution is 1.95. The normalized spacial score (nSPS) is 10.1. The number of aliphatic hydroxyl groups excluding tert-OH is 1. The number of hydrogen-bond donors (Lipinski definition) is 10. The van der Waals surface area contributed by atoms with Gasteiger partial charge in [0.1, 0.15) is 0 Å². The lowest BCUT2D eigenvalue weighted by molar-refractivity contribution is -0.169. The minimum atomic E-state index is -1.87. The summed E-state index contributed by atoms with van der Waals surface area (Å²) in [6.07, 6.45) is -2.66. The molecule has 0 aromatic heterocycles. The molecule has 24 heavy (non-hydrogen) atoms. The first-order valence-electron chi connectivity index (χ1n) is 5.55. The molecule has 0 aliphatic rings. The standard InChI is InChI=1S/C6H12N6O7.CH5N3O/c7-5(16)9-11-18-3(14)1-2(13)4(15)19-12-10-6(8)17;2-1(5)4-3/h2,11-13H,1H2,(H3,7,9,16)(H3,8,10,17);3H2,(H3,2,4,5). The summed E-state index contributed by atoms with van der Waals surface area (Å²) in [5, 5.41) is 9.16. The van der Waals surface area contributed by atoms with E-state index < -0.39 is 42.6 Å². The van der Waals surface area contributed by atoms with Crippen LogP contribution in [0.5, 0.6) is 0 Å². The van der Waals surface area contributed by atoms with E-state index >= 15 is 0 Å². The summed E-state index contributed by atoms with van der Waals surface area (Å²) < 4.78 is 0. The third-order valence-corrected chi connectivity index (χ3v) is 1.44. The van der Waals surface area contributed by atoms with Crippen molar-refractivity contribution in [2.75, 3.05) is 0 Å². The van der Waals surface area contributed by atoms with Crippen molar-refractivity contribution in [2.45, 2.75) is 12.5 Å². The average Bonchev–Trinajstić information content (AvgIpc) is 2.46. The van der Waals surface area contributed by atoms with E-state index in [9.17, 15) is 24.0 Å². The van der Waals surface area contributed by atoms with E-state index in [-0.39, 0.29) is 0 Å². The molecule has 0 aliphatic carbocycles. The van der Waals surface area contributed by atoms with Gasteiger partial charge in [0, 0.05) is 0 Å². The third-order valence-electron chi connectivity index (χ3n) is 1.44. The van der Waals surface area contributed by atoms with Gasteiger partial charge in [0.2, 0.25) is 0 Å². The van der Waals surface area contributed by atoms with Gasteiger partial charge in [-0.3, -0.25) is 10.2 Å². The number of carbonyl (C=O) groups excluding carboxylic acids is 5. The van der Waals surface area contributed by atoms with Gasteiger partial charge in [-0.15, -0.1) is 0 Å². The number of aliphatic hydroxyl groups is 1. The van der Waals surface area contributed by atoms with Gasteiger partial charge in [0.05, 0.1) is 6.42 Å². The molecular weight excluding hydrogens is 338 g/mol. The Morgan fingerprint density at radius 1 is 0.875 bits per heavy atom. The van der Waals surface area contributed by atoms with Crippen LogP contribution in [0.2, 0.25) is 0 Å². The molecule has 0 aliphatic heterocycles. The van der Waals surface area contributed by atoms with Crippen molar-refractivity contribution in [3.8, 4) is 0 Å². The van der Waals surface area contributed by atoms with E-state index in [2.05, 4.69) is 32.7 Å². The molecule has 0 radical (unpaired) electrons. The van der Waals surface area contributed by atoms with Crippen LogP contribution in [0.15, 0.2) is 0 Å². The van der Waals surface area contributed by atoms with E-state index in [0.29, 0.717) is 0 Å². The maximum absolute atomic E-state index is 11.0. The summed E-state index contributed by atoms with van der Waals surface area (Å²) in [7, 11) is 0. The quantitative estimate of drug-likeness (QED) is 0.117. The summed E-state index contributed by atoms with van der Waals surface area (Å²) in [6.45, 7) is 0. The number of hydrogen-bond acceptors (Lipinski definition) is 11. The Morgan fingerprint density at radius 3 is 1.67 bits per heavy atom. The Balaban J connectivity index is 0. The minimum absolute atomic E-state index is 0.718. The first-order chi connectivity index (χ1) is 11.1. The Bertz CT molecular complexity index is 457. The van der Waals surface area contributed by atoms with Crippen molar-refractivity contribution in [1.82, 2.24) is 27.5 Å². The van der Waals surface area contributed by atoms with Gasteiger partial charge in [-0.05, 0) is 0 Å². The van der Waals surface area contributed by atoms with Crippen LogP contribution >= 0.6 is 0 Å². The van der Waals surface area contributed by atoms with Gasteiger partial charge in [-0.1, -0.05) is 11.2 Å². The third kappa shape index (κ3) is 16.6. The molecule has 1 atom stereocenters. The lowest BCUT2D eigenvalue weighted by Crippen LogP contribution is -2.45. The SMILES string of the molecule is NC(=O)NNOC(=O)CC(O)C(=O)ONNC(N)=O.NNC(N)=O. The van der Waals surface area contributed by atoms with E-state index in [0.717, 1.165) is 0 Å². The van der Waals surface area contributed by atoms with Crippen LogP contribution in [0.25, 0.3) is 0 Å². The molecule has 138 valence electrons. The van der Waals surface area contributed by atoms with Crippen LogP contribution < -0.4 is 50.5 Å². The fourth-order valence-electron chi connectivity index (χ4n) is 0.610. The number of carbonyl (C=O) groups is 5. The number of primary amides is 3. The number of urea groups is 3. The highest BCUT2D eigenvalue weighted by atomic mass is 16.7. The molecule has 0 spiro atoms. The number of rotatable bonds is 7. The molecule has 0 bridgehead atoms. The Labute approximate surface area is 133 Å². The van der Waals surface area contributed by atoms with Crippen molar-refractivity contribution in [1.29, 1.82) is 0 Å². The molecule has 6 amide bonds. The second kappa shape index (κ2) is 13.3. The molecule has 17 nitrogen and oxygen atoms in total. The Morgan fingerprint density at radius 2 is 1.29 bits per heavy atom. The van der Waals surface area contributed by atoms with Crippen molar-refractivity contribution >= 4 is 30.0 Å². The zero-order chi connectivity index (χ0) is 19.1. The highest BCUT2D eigenvalue weighted by Gasteiger charge is 2.22. The van der Waals surface area contributed by atoms with Gasteiger partial charge >= 0.3 is 30.0 Å². The van der Waals surface area contributed by atoms with Gasteiger partial charge in [-0.25, -0.2) is 35.9 Å². The van der Waals surface area contributed by atoms with Gasteiger partial charge < -0.3 is 32.0 Å². The first-order valence-corrected chi connectivity index (χ1v) is 5.55. The van der Waals surface area contributed by atoms with Gasteiger partial charge in [0.25, 0.3) is 0 Å². The van der Waals surface area contributed by atoms with Crippen LogP contribution in [0.3, 0.4) is 0 Å². The van der Waals surface area contributed by atoms with Crippen LogP contribution in [-0.2, 0) is 19.3 Å². The minimum Gasteiger partial charge on any atom is -0.381 e. The summed E-state index contributed by atoms with van der Waals surface area (Å²) in [6, 6.07) is -2.78. The second-order valence-corrected chi connectivity index (χ2v) is 3.31. The zero-order valence-corrected chi connectivity index (χ0v) is 11.9. The van der Waals surface area contributed by atoms with E-state index in [1.54, 1.807) is 27.5 Å². The number of nitrogens with two attached hydrogens (primary N) is 4. The summed E-state index contributed by atoms with van der Waals surface area (Å²) in [5.74, 6) is 2.07. The predicted octanol–water partition coefficient (Wildman–Crippen LogP) is -5.47. The average molecular weight is 355 g/mol. The van der Waals surface area contributed by atoms with Gasteiger partial charge in [0.15, 0.2) is 6.10 Å². The molecule has 1 unspecified atom stereocenters. The smallest absolute Gasteiger partial charge is 0.355 e. The summed E-state index contributed by atoms with van der Waals surface area (Å²) in [4.78, 5) is 59.9. The largest absolute Gasteiger partial charge is 0.381 e. The summed E-state index contributed by atoms with van der Waals surface area (Å²) in [5.41, 5.74) is 22.0. The molecular formula is C7H17N9O8. The molecule has 0 heterocycles. The molecule has 0 fully saturated rings. The molecule has 14 N–H and O–H groups in total. The number of hydrazine groups is 3.